The van der Waals surface area contributed by atoms with Gasteiger partial charge < -0.3 is 5.32 Å². The molecule has 0 aromatic heterocycles. The number of nitrogens with one attached hydrogen (secondary N) is 1. The third-order valence-corrected chi connectivity index (χ3v) is 2.42. The summed E-state index contributed by atoms with van der Waals surface area (Å²) in [7, 11) is 0. The van der Waals surface area contributed by atoms with Gasteiger partial charge in [-0.25, -0.2) is 0 Å². The van der Waals surface area contributed by atoms with Crippen LogP contribution in [0.5, 0.6) is 0 Å². The predicted molar refractivity (Wildman–Crippen MR) is 63.0 cm³/mol. The van der Waals surface area contributed by atoms with Gasteiger partial charge in [-0.2, -0.15) is 0 Å². The number of hydrogen-bond acceptors (Lipinski definition) is 1. The van der Waals surface area contributed by atoms with Crippen molar-refractivity contribution in [2.45, 2.75) is 26.3 Å². The van der Waals surface area contributed by atoms with E-state index >= 15 is 0 Å². The fraction of sp³-hybridized carbons (Fsp3) is 0.417. The Kier molecular flexibility index (Phi) is 5.19. The highest BCUT2D eigenvalue weighted by Crippen LogP contribution is 2.06. The average Bonchev–Trinajstić information content (AvgIpc) is 2.28. The summed E-state index contributed by atoms with van der Waals surface area (Å²) in [6.45, 7) is 2.71. The van der Waals surface area contributed by atoms with Crippen molar-refractivity contribution in [2.75, 3.05) is 5.88 Å². The van der Waals surface area contributed by atoms with E-state index in [2.05, 4.69) is 24.4 Å². The number of carbonyl (C=O) groups is 1. The molecule has 0 fully saturated rings. The maximum Gasteiger partial charge on any atom is 0.235 e. The zero-order valence-electron chi connectivity index (χ0n) is 8.92. The van der Waals surface area contributed by atoms with E-state index in [9.17, 15) is 4.79 Å². The molecule has 1 N–H and O–H groups in total. The molecule has 0 unspecified atom stereocenters. The number of aryl methyl sites for hydroxylation is 1. The van der Waals surface area contributed by atoms with Crippen LogP contribution in [0.1, 0.15) is 24.5 Å². The number of benzene rings is 1. The molecule has 0 saturated heterocycles. The molecule has 1 amide bonds. The minimum absolute atomic E-state index is 0.0217. The molecular weight excluding hydrogens is 210 g/mol. The highest BCUT2D eigenvalue weighted by Gasteiger charge is 1.98. The quantitative estimate of drug-likeness (QED) is 0.767. The second-order valence-electron chi connectivity index (χ2n) is 3.48. The van der Waals surface area contributed by atoms with E-state index < -0.39 is 0 Å². The molecule has 1 rings (SSSR count). The van der Waals surface area contributed by atoms with E-state index in [1.165, 1.54) is 5.56 Å². The first kappa shape index (κ1) is 12.1. The number of rotatable bonds is 5. The number of carbonyl (C=O) groups excluding carboxylic acids is 1. The lowest BCUT2D eigenvalue weighted by atomic mass is 10.1. The lowest BCUT2D eigenvalue weighted by Gasteiger charge is -2.04. The van der Waals surface area contributed by atoms with Crippen LogP contribution in [0.4, 0.5) is 0 Å². The molecule has 0 heterocycles. The molecule has 0 aliphatic heterocycles. The van der Waals surface area contributed by atoms with Gasteiger partial charge in [-0.15, -0.1) is 11.6 Å². The number of hydrogen-bond donors (Lipinski definition) is 1. The van der Waals surface area contributed by atoms with Crippen molar-refractivity contribution in [3.63, 3.8) is 0 Å². The van der Waals surface area contributed by atoms with Gasteiger partial charge >= 0.3 is 0 Å². The highest BCUT2D eigenvalue weighted by atomic mass is 35.5. The van der Waals surface area contributed by atoms with E-state index in [-0.39, 0.29) is 11.8 Å². The molecule has 0 aliphatic rings. The zero-order valence-corrected chi connectivity index (χ0v) is 9.68. The van der Waals surface area contributed by atoms with Gasteiger partial charge in [0.25, 0.3) is 0 Å². The Morgan fingerprint density at radius 3 is 2.40 bits per heavy atom. The van der Waals surface area contributed by atoms with E-state index in [4.69, 9.17) is 11.6 Å². The molecule has 1 aromatic carbocycles. The standard InChI is InChI=1S/C12H16ClNO/c1-2-3-10-4-6-11(7-5-10)9-14-12(15)8-13/h4-7H,2-3,8-9H2,1H3,(H,14,15). The predicted octanol–water partition coefficient (Wildman–Crippen LogP) is 2.49. The van der Waals surface area contributed by atoms with Crippen LogP contribution in [0.2, 0.25) is 0 Å². The van der Waals surface area contributed by atoms with Crippen LogP contribution in [-0.2, 0) is 17.8 Å². The molecule has 82 valence electrons. The van der Waals surface area contributed by atoms with Crippen LogP contribution in [0.15, 0.2) is 24.3 Å². The van der Waals surface area contributed by atoms with E-state index in [0.29, 0.717) is 6.54 Å². The third-order valence-electron chi connectivity index (χ3n) is 2.17. The van der Waals surface area contributed by atoms with Crippen molar-refractivity contribution in [2.24, 2.45) is 0 Å². The largest absolute Gasteiger partial charge is 0.351 e. The zero-order chi connectivity index (χ0) is 11.1. The van der Waals surface area contributed by atoms with Crippen LogP contribution < -0.4 is 5.32 Å². The maximum atomic E-state index is 10.9. The molecule has 0 atom stereocenters. The minimum atomic E-state index is -0.130. The summed E-state index contributed by atoms with van der Waals surface area (Å²) < 4.78 is 0. The molecule has 0 saturated carbocycles. The Balaban J connectivity index is 2.45. The van der Waals surface area contributed by atoms with Crippen molar-refractivity contribution in [1.82, 2.24) is 5.32 Å². The first-order chi connectivity index (χ1) is 7.26. The number of halogens is 1. The minimum Gasteiger partial charge on any atom is -0.351 e. The molecule has 0 spiro atoms. The molecule has 1 aromatic rings. The van der Waals surface area contributed by atoms with Crippen molar-refractivity contribution >= 4 is 17.5 Å². The SMILES string of the molecule is CCCc1ccc(CNC(=O)CCl)cc1. The molecule has 0 bridgehead atoms. The molecule has 0 radical (unpaired) electrons. The summed E-state index contributed by atoms with van der Waals surface area (Å²) in [6.07, 6.45) is 2.26. The van der Waals surface area contributed by atoms with Crippen LogP contribution >= 0.6 is 11.6 Å². The van der Waals surface area contributed by atoms with E-state index in [1.807, 2.05) is 12.1 Å². The molecular formula is C12H16ClNO. The van der Waals surface area contributed by atoms with Gasteiger partial charge in [0, 0.05) is 6.54 Å². The van der Waals surface area contributed by atoms with E-state index in [0.717, 1.165) is 18.4 Å². The van der Waals surface area contributed by atoms with Gasteiger partial charge in [-0.05, 0) is 17.5 Å². The highest BCUT2D eigenvalue weighted by molar-refractivity contribution is 6.27. The van der Waals surface area contributed by atoms with Crippen molar-refractivity contribution in [1.29, 1.82) is 0 Å². The van der Waals surface area contributed by atoms with Crippen molar-refractivity contribution in [3.8, 4) is 0 Å². The third kappa shape index (κ3) is 4.34. The van der Waals surface area contributed by atoms with Crippen LogP contribution in [0, 0.1) is 0 Å². The number of amides is 1. The monoisotopic (exact) mass is 225 g/mol. The van der Waals surface area contributed by atoms with Gasteiger partial charge in [0.05, 0.1) is 0 Å². The van der Waals surface area contributed by atoms with Gasteiger partial charge in [0.15, 0.2) is 0 Å². The van der Waals surface area contributed by atoms with Crippen LogP contribution in [0.3, 0.4) is 0 Å². The Morgan fingerprint density at radius 2 is 1.87 bits per heavy atom. The smallest absolute Gasteiger partial charge is 0.235 e. The second-order valence-corrected chi connectivity index (χ2v) is 3.74. The Morgan fingerprint density at radius 1 is 1.27 bits per heavy atom. The first-order valence-corrected chi connectivity index (χ1v) is 5.70. The summed E-state index contributed by atoms with van der Waals surface area (Å²) >= 11 is 5.37. The average molecular weight is 226 g/mol. The van der Waals surface area contributed by atoms with Gasteiger partial charge in [-0.3, -0.25) is 4.79 Å². The van der Waals surface area contributed by atoms with Crippen LogP contribution in [-0.4, -0.2) is 11.8 Å². The fourth-order valence-corrected chi connectivity index (χ4v) is 1.45. The van der Waals surface area contributed by atoms with Gasteiger partial charge in [0.2, 0.25) is 5.91 Å². The molecule has 15 heavy (non-hydrogen) atoms. The van der Waals surface area contributed by atoms with Crippen molar-refractivity contribution in [3.05, 3.63) is 35.4 Å². The Bertz CT molecular complexity index is 308. The van der Waals surface area contributed by atoms with Crippen molar-refractivity contribution < 1.29 is 4.79 Å². The number of alkyl halides is 1. The molecule has 2 nitrogen and oxygen atoms in total. The van der Waals surface area contributed by atoms with E-state index in [1.54, 1.807) is 0 Å². The second kappa shape index (κ2) is 6.46. The summed E-state index contributed by atoms with van der Waals surface area (Å²) in [5, 5.41) is 2.73. The molecule has 3 heteroatoms. The lowest BCUT2D eigenvalue weighted by molar-refractivity contribution is -0.118. The summed E-state index contributed by atoms with van der Waals surface area (Å²) in [5.74, 6) is -0.109. The Labute approximate surface area is 95.6 Å². The first-order valence-electron chi connectivity index (χ1n) is 5.16. The molecule has 0 aliphatic carbocycles. The van der Waals surface area contributed by atoms with Crippen LogP contribution in [0.25, 0.3) is 0 Å². The normalized spacial score (nSPS) is 10.0. The fourth-order valence-electron chi connectivity index (χ4n) is 1.36. The lowest BCUT2D eigenvalue weighted by Crippen LogP contribution is -2.23. The Hall–Kier alpha value is -1.02. The summed E-state index contributed by atoms with van der Waals surface area (Å²) in [6, 6.07) is 8.29. The summed E-state index contributed by atoms with van der Waals surface area (Å²) in [4.78, 5) is 10.9. The topological polar surface area (TPSA) is 29.1 Å². The maximum absolute atomic E-state index is 10.9. The van der Waals surface area contributed by atoms with Gasteiger partial charge in [-0.1, -0.05) is 37.6 Å². The summed E-state index contributed by atoms with van der Waals surface area (Å²) in [5.41, 5.74) is 2.44. The van der Waals surface area contributed by atoms with Gasteiger partial charge in [0.1, 0.15) is 5.88 Å².